The fourth-order valence-electron chi connectivity index (χ4n) is 3.25. The fraction of sp³-hybridized carbons (Fsp3) is 0.364. The van der Waals surface area contributed by atoms with E-state index in [1.54, 1.807) is 0 Å². The fourth-order valence-corrected chi connectivity index (χ4v) is 3.25. The van der Waals surface area contributed by atoms with E-state index in [0.717, 1.165) is 44.2 Å². The van der Waals surface area contributed by atoms with Gasteiger partial charge in [0.25, 0.3) is 0 Å². The minimum absolute atomic E-state index is 0.944. The maximum Gasteiger partial charge on any atom is 0.490 e. The Morgan fingerprint density at radius 1 is 0.892 bits per heavy atom. The van der Waals surface area contributed by atoms with Gasteiger partial charge < -0.3 is 19.5 Å². The molecule has 15 heteroatoms. The highest BCUT2D eigenvalue weighted by Crippen LogP contribution is 2.19. The van der Waals surface area contributed by atoms with Crippen LogP contribution >= 0.6 is 0 Å². The van der Waals surface area contributed by atoms with E-state index in [0.29, 0.717) is 0 Å². The van der Waals surface area contributed by atoms with Gasteiger partial charge in [-0.25, -0.2) is 19.6 Å². The minimum Gasteiger partial charge on any atom is -0.475 e. The van der Waals surface area contributed by atoms with E-state index in [2.05, 4.69) is 51.0 Å². The summed E-state index contributed by atoms with van der Waals surface area (Å²) in [7, 11) is 0. The Kier molecular flexibility index (Phi) is 9.82. The van der Waals surface area contributed by atoms with Gasteiger partial charge in [-0.1, -0.05) is 29.8 Å². The molecule has 0 saturated carbocycles. The summed E-state index contributed by atoms with van der Waals surface area (Å²) >= 11 is 0. The van der Waals surface area contributed by atoms with Gasteiger partial charge in [-0.15, -0.1) is 0 Å². The number of alkyl halides is 6. The summed E-state index contributed by atoms with van der Waals surface area (Å²) in [6.07, 6.45) is -2.58. The number of carboxylic acid groups (broad SMARTS) is 2. The first-order chi connectivity index (χ1) is 17.2. The SMILES string of the molecule is Cc1cccc(CN2CCN(c3nccn4ccnc34)CC2)c1.O=C(O)C(F)(F)F.O=C(O)C(F)(F)F. The topological polar surface area (TPSA) is 111 Å². The third-order valence-corrected chi connectivity index (χ3v) is 4.94. The molecule has 0 unspecified atom stereocenters. The highest BCUT2D eigenvalue weighted by atomic mass is 19.4. The Labute approximate surface area is 206 Å². The number of rotatable bonds is 3. The lowest BCUT2D eigenvalue weighted by Crippen LogP contribution is -2.46. The number of hydrogen-bond donors (Lipinski definition) is 2. The largest absolute Gasteiger partial charge is 0.490 e. The monoisotopic (exact) mass is 535 g/mol. The van der Waals surface area contributed by atoms with Crippen LogP contribution < -0.4 is 4.90 Å². The summed E-state index contributed by atoms with van der Waals surface area (Å²) in [5.41, 5.74) is 3.67. The van der Waals surface area contributed by atoms with Gasteiger partial charge in [-0.2, -0.15) is 26.3 Å². The van der Waals surface area contributed by atoms with Crippen molar-refractivity contribution >= 4 is 23.4 Å². The summed E-state index contributed by atoms with van der Waals surface area (Å²) < 4.78 is 65.5. The number of hydrogen-bond acceptors (Lipinski definition) is 6. The van der Waals surface area contributed by atoms with Gasteiger partial charge in [-0.05, 0) is 12.5 Å². The zero-order valence-corrected chi connectivity index (χ0v) is 19.4. The van der Waals surface area contributed by atoms with Crippen LogP contribution in [0, 0.1) is 6.92 Å². The van der Waals surface area contributed by atoms with Gasteiger partial charge in [0, 0.05) is 57.5 Å². The molecule has 202 valence electrons. The second-order valence-electron chi connectivity index (χ2n) is 7.77. The van der Waals surface area contributed by atoms with Crippen LogP contribution in [0.25, 0.3) is 5.65 Å². The number of piperazine rings is 1. The van der Waals surface area contributed by atoms with Crippen LogP contribution in [0.5, 0.6) is 0 Å². The molecule has 0 amide bonds. The van der Waals surface area contributed by atoms with Crippen molar-refractivity contribution in [2.75, 3.05) is 31.1 Å². The van der Waals surface area contributed by atoms with E-state index in [1.165, 1.54) is 11.1 Å². The molecule has 1 aliphatic rings. The Morgan fingerprint density at radius 3 is 1.89 bits per heavy atom. The average Bonchev–Trinajstić information content (AvgIpc) is 3.28. The number of nitrogens with zero attached hydrogens (tertiary/aromatic N) is 5. The van der Waals surface area contributed by atoms with E-state index in [-0.39, 0.29) is 0 Å². The van der Waals surface area contributed by atoms with Crippen molar-refractivity contribution in [3.8, 4) is 0 Å². The molecule has 0 radical (unpaired) electrons. The normalized spacial score (nSPS) is 14.3. The Bertz CT molecular complexity index is 1170. The van der Waals surface area contributed by atoms with Crippen LogP contribution in [-0.4, -0.2) is 80.0 Å². The molecular weight excluding hydrogens is 512 g/mol. The molecule has 0 spiro atoms. The van der Waals surface area contributed by atoms with Gasteiger partial charge in [0.05, 0.1) is 0 Å². The number of anilines is 1. The number of aliphatic carboxylic acids is 2. The van der Waals surface area contributed by atoms with E-state index >= 15 is 0 Å². The zero-order valence-electron chi connectivity index (χ0n) is 19.4. The van der Waals surface area contributed by atoms with E-state index < -0.39 is 24.3 Å². The van der Waals surface area contributed by atoms with Gasteiger partial charge in [-0.3, -0.25) is 4.90 Å². The molecule has 3 heterocycles. The lowest BCUT2D eigenvalue weighted by Gasteiger charge is -2.35. The molecule has 0 aliphatic carbocycles. The molecule has 1 fully saturated rings. The van der Waals surface area contributed by atoms with Crippen molar-refractivity contribution in [2.45, 2.75) is 25.8 Å². The highest BCUT2D eigenvalue weighted by molar-refractivity contribution is 5.73. The summed E-state index contributed by atoms with van der Waals surface area (Å²) in [6.45, 7) is 7.26. The quantitative estimate of drug-likeness (QED) is 0.490. The van der Waals surface area contributed by atoms with Crippen LogP contribution in [0.2, 0.25) is 0 Å². The lowest BCUT2D eigenvalue weighted by molar-refractivity contribution is -0.193. The predicted octanol–water partition coefficient (Wildman–Crippen LogP) is 3.63. The highest BCUT2D eigenvalue weighted by Gasteiger charge is 2.38. The molecule has 4 rings (SSSR count). The van der Waals surface area contributed by atoms with Crippen LogP contribution in [0.15, 0.2) is 49.1 Å². The number of imidazole rings is 1. The maximum absolute atomic E-state index is 10.6. The first-order valence-corrected chi connectivity index (χ1v) is 10.6. The molecule has 3 aromatic rings. The number of benzene rings is 1. The van der Waals surface area contributed by atoms with Crippen LogP contribution in [0.3, 0.4) is 0 Å². The first kappa shape index (κ1) is 29.4. The number of aromatic nitrogens is 3. The Morgan fingerprint density at radius 2 is 1.41 bits per heavy atom. The molecule has 1 aliphatic heterocycles. The summed E-state index contributed by atoms with van der Waals surface area (Å²) in [5.74, 6) is -4.52. The minimum atomic E-state index is -5.08. The second kappa shape index (κ2) is 12.4. The van der Waals surface area contributed by atoms with Crippen molar-refractivity contribution in [2.24, 2.45) is 0 Å². The third kappa shape index (κ3) is 9.25. The summed E-state index contributed by atoms with van der Waals surface area (Å²) in [6, 6.07) is 8.79. The Balaban J connectivity index is 0.000000286. The lowest BCUT2D eigenvalue weighted by atomic mass is 10.1. The number of fused-ring (bicyclic) bond motifs is 1. The van der Waals surface area contributed by atoms with Crippen LogP contribution in [-0.2, 0) is 16.1 Å². The van der Waals surface area contributed by atoms with Crippen molar-refractivity contribution in [1.29, 1.82) is 0 Å². The predicted molar refractivity (Wildman–Crippen MR) is 119 cm³/mol. The number of aryl methyl sites for hydroxylation is 1. The van der Waals surface area contributed by atoms with Crippen molar-refractivity contribution < 1.29 is 46.1 Å². The first-order valence-electron chi connectivity index (χ1n) is 10.6. The number of carbonyl (C=O) groups is 2. The van der Waals surface area contributed by atoms with E-state index in [1.807, 2.05) is 29.2 Å². The van der Waals surface area contributed by atoms with Crippen molar-refractivity contribution in [3.05, 3.63) is 60.2 Å². The Hall–Kier alpha value is -3.88. The van der Waals surface area contributed by atoms with Crippen LogP contribution in [0.4, 0.5) is 32.2 Å². The molecule has 1 aromatic carbocycles. The average molecular weight is 535 g/mol. The zero-order chi connectivity index (χ0) is 27.8. The molecule has 1 saturated heterocycles. The maximum atomic E-state index is 10.6. The molecular formula is C22H23F6N5O4. The molecule has 2 aromatic heterocycles. The van der Waals surface area contributed by atoms with Gasteiger partial charge in [0.1, 0.15) is 0 Å². The molecule has 9 nitrogen and oxygen atoms in total. The van der Waals surface area contributed by atoms with Crippen molar-refractivity contribution in [3.63, 3.8) is 0 Å². The number of halogens is 6. The molecule has 0 atom stereocenters. The smallest absolute Gasteiger partial charge is 0.475 e. The van der Waals surface area contributed by atoms with E-state index in [4.69, 9.17) is 19.8 Å². The van der Waals surface area contributed by atoms with Crippen LogP contribution in [0.1, 0.15) is 11.1 Å². The molecule has 0 bridgehead atoms. The standard InChI is InChI=1S/C18H21N5.2C2HF3O2/c1-15-3-2-4-16(13-15)14-21-9-11-23(12-10-21)18-17-19-5-7-22(17)8-6-20-18;2*3-2(4,5)1(6)7/h2-8,13H,9-12,14H2,1H3;2*(H,6,7). The third-order valence-electron chi connectivity index (χ3n) is 4.94. The summed E-state index contributed by atoms with van der Waals surface area (Å²) in [5, 5.41) is 14.2. The molecule has 37 heavy (non-hydrogen) atoms. The number of carboxylic acids is 2. The van der Waals surface area contributed by atoms with Gasteiger partial charge >= 0.3 is 24.3 Å². The second-order valence-corrected chi connectivity index (χ2v) is 7.77. The molecule has 2 N–H and O–H groups in total. The van der Waals surface area contributed by atoms with Gasteiger partial charge in [0.2, 0.25) is 0 Å². The van der Waals surface area contributed by atoms with Gasteiger partial charge in [0.15, 0.2) is 11.5 Å². The van der Waals surface area contributed by atoms with Crippen molar-refractivity contribution in [1.82, 2.24) is 19.3 Å². The van der Waals surface area contributed by atoms with E-state index in [9.17, 15) is 26.3 Å². The summed E-state index contributed by atoms with van der Waals surface area (Å²) in [4.78, 5) is 31.6.